The van der Waals surface area contributed by atoms with Gasteiger partial charge in [0.25, 0.3) is 5.91 Å². The molecule has 0 aromatic heterocycles. The van der Waals surface area contributed by atoms with Gasteiger partial charge in [0, 0.05) is 31.1 Å². The van der Waals surface area contributed by atoms with E-state index in [1.807, 2.05) is 25.1 Å². The Morgan fingerprint density at radius 2 is 2.04 bits per heavy atom. The SMILES string of the molecule is CC1CC(c2ccc3c(c2)CN(C2CCC(=O)NC2=O)C3=O)=CCN1C(=O)O. The fraction of sp³-hybridized carbons (Fsp3) is 0.400. The number of hydrogen-bond acceptors (Lipinski definition) is 4. The summed E-state index contributed by atoms with van der Waals surface area (Å²) in [6.07, 6.45) is 2.15. The number of piperidine rings is 1. The highest BCUT2D eigenvalue weighted by atomic mass is 16.4. The molecule has 1 aromatic carbocycles. The molecule has 4 rings (SSSR count). The van der Waals surface area contributed by atoms with Crippen molar-refractivity contribution in [2.75, 3.05) is 6.54 Å². The Kier molecular flexibility index (Phi) is 4.41. The van der Waals surface area contributed by atoms with Gasteiger partial charge in [0.15, 0.2) is 0 Å². The smallest absolute Gasteiger partial charge is 0.407 e. The second kappa shape index (κ2) is 6.78. The molecule has 1 saturated heterocycles. The molecular formula is C20H21N3O5. The van der Waals surface area contributed by atoms with Crippen LogP contribution in [0.1, 0.15) is 47.7 Å². The molecule has 1 fully saturated rings. The van der Waals surface area contributed by atoms with Crippen LogP contribution >= 0.6 is 0 Å². The van der Waals surface area contributed by atoms with Crippen molar-refractivity contribution >= 4 is 29.4 Å². The monoisotopic (exact) mass is 383 g/mol. The molecule has 8 nitrogen and oxygen atoms in total. The van der Waals surface area contributed by atoms with Gasteiger partial charge in [-0.3, -0.25) is 19.7 Å². The van der Waals surface area contributed by atoms with Gasteiger partial charge in [0.05, 0.1) is 0 Å². The molecule has 4 amide bonds. The molecule has 3 aliphatic rings. The maximum Gasteiger partial charge on any atom is 0.407 e. The first-order chi connectivity index (χ1) is 13.3. The first-order valence-electron chi connectivity index (χ1n) is 9.31. The van der Waals surface area contributed by atoms with E-state index in [1.54, 1.807) is 6.07 Å². The zero-order valence-corrected chi connectivity index (χ0v) is 15.5. The quantitative estimate of drug-likeness (QED) is 0.755. The van der Waals surface area contributed by atoms with Crippen LogP contribution < -0.4 is 5.32 Å². The van der Waals surface area contributed by atoms with Crippen LogP contribution in [0.15, 0.2) is 24.3 Å². The number of nitrogens with one attached hydrogen (secondary N) is 1. The minimum absolute atomic E-state index is 0.118. The number of benzene rings is 1. The van der Waals surface area contributed by atoms with E-state index in [4.69, 9.17) is 0 Å². The Bertz CT molecular complexity index is 922. The van der Waals surface area contributed by atoms with E-state index < -0.39 is 18.0 Å². The van der Waals surface area contributed by atoms with Gasteiger partial charge >= 0.3 is 6.09 Å². The third-order valence-electron chi connectivity index (χ3n) is 5.72. The van der Waals surface area contributed by atoms with E-state index in [0.717, 1.165) is 16.7 Å². The molecule has 2 unspecified atom stereocenters. The summed E-state index contributed by atoms with van der Waals surface area (Å²) >= 11 is 0. The number of carbonyl (C=O) groups is 4. The lowest BCUT2D eigenvalue weighted by atomic mass is 9.93. The van der Waals surface area contributed by atoms with Gasteiger partial charge in [-0.15, -0.1) is 0 Å². The number of nitrogens with zero attached hydrogens (tertiary/aromatic N) is 2. The highest BCUT2D eigenvalue weighted by molar-refractivity contribution is 6.05. The summed E-state index contributed by atoms with van der Waals surface area (Å²) in [7, 11) is 0. The van der Waals surface area contributed by atoms with Crippen LogP contribution in [0.4, 0.5) is 4.79 Å². The van der Waals surface area contributed by atoms with Crippen LogP contribution in [-0.4, -0.2) is 57.3 Å². The Morgan fingerprint density at radius 1 is 1.25 bits per heavy atom. The third kappa shape index (κ3) is 3.04. The number of hydrogen-bond donors (Lipinski definition) is 2. The second-order valence-electron chi connectivity index (χ2n) is 7.49. The van der Waals surface area contributed by atoms with Crippen molar-refractivity contribution in [2.24, 2.45) is 0 Å². The number of carboxylic acid groups (broad SMARTS) is 1. The Balaban J connectivity index is 1.55. The number of amides is 4. The molecule has 8 heteroatoms. The minimum Gasteiger partial charge on any atom is -0.465 e. The van der Waals surface area contributed by atoms with Crippen molar-refractivity contribution in [3.63, 3.8) is 0 Å². The first kappa shape index (κ1) is 18.2. The summed E-state index contributed by atoms with van der Waals surface area (Å²) in [4.78, 5) is 50.4. The fourth-order valence-electron chi connectivity index (χ4n) is 4.18. The van der Waals surface area contributed by atoms with Crippen LogP contribution in [-0.2, 0) is 16.1 Å². The molecule has 2 N–H and O–H groups in total. The lowest BCUT2D eigenvalue weighted by molar-refractivity contribution is -0.136. The van der Waals surface area contributed by atoms with Crippen molar-refractivity contribution in [1.29, 1.82) is 0 Å². The topological polar surface area (TPSA) is 107 Å². The predicted molar refractivity (Wildman–Crippen MR) is 99.3 cm³/mol. The van der Waals surface area contributed by atoms with Crippen molar-refractivity contribution in [1.82, 2.24) is 15.1 Å². The van der Waals surface area contributed by atoms with E-state index >= 15 is 0 Å². The minimum atomic E-state index is -0.928. The molecule has 0 aliphatic carbocycles. The van der Waals surface area contributed by atoms with Crippen molar-refractivity contribution in [3.05, 3.63) is 41.0 Å². The summed E-state index contributed by atoms with van der Waals surface area (Å²) in [5.74, 6) is -0.921. The van der Waals surface area contributed by atoms with Crippen LogP contribution in [0.25, 0.3) is 5.57 Å². The zero-order valence-electron chi connectivity index (χ0n) is 15.5. The van der Waals surface area contributed by atoms with Crippen LogP contribution in [0.5, 0.6) is 0 Å². The highest BCUT2D eigenvalue weighted by Crippen LogP contribution is 2.32. The number of fused-ring (bicyclic) bond motifs is 1. The number of imide groups is 1. The summed E-state index contributed by atoms with van der Waals surface area (Å²) < 4.78 is 0. The molecular weight excluding hydrogens is 362 g/mol. The van der Waals surface area contributed by atoms with Crippen molar-refractivity contribution < 1.29 is 24.3 Å². The van der Waals surface area contributed by atoms with E-state index in [-0.39, 0.29) is 24.3 Å². The van der Waals surface area contributed by atoms with E-state index in [9.17, 15) is 24.3 Å². The molecule has 28 heavy (non-hydrogen) atoms. The average Bonchev–Trinajstić information content (AvgIpc) is 2.97. The van der Waals surface area contributed by atoms with Crippen LogP contribution in [0, 0.1) is 0 Å². The molecule has 0 radical (unpaired) electrons. The van der Waals surface area contributed by atoms with E-state index in [1.165, 1.54) is 9.80 Å². The van der Waals surface area contributed by atoms with E-state index in [0.29, 0.717) is 31.5 Å². The lowest BCUT2D eigenvalue weighted by Gasteiger charge is -2.30. The summed E-state index contributed by atoms with van der Waals surface area (Å²) in [6.45, 7) is 2.55. The Morgan fingerprint density at radius 3 is 2.71 bits per heavy atom. The number of carbonyl (C=O) groups excluding carboxylic acids is 3. The van der Waals surface area contributed by atoms with Crippen LogP contribution in [0.2, 0.25) is 0 Å². The molecule has 0 bridgehead atoms. The molecule has 3 aliphatic heterocycles. The standard InChI is InChI=1S/C20H21N3O5/c1-11-8-13(6-7-22(11)20(27)28)12-2-3-15-14(9-12)10-23(19(15)26)16-4-5-17(24)21-18(16)25/h2-3,6,9,11,16H,4-5,7-8,10H2,1H3,(H,27,28)(H,21,24,25). The van der Waals surface area contributed by atoms with Crippen molar-refractivity contribution in [3.8, 4) is 0 Å². The number of rotatable bonds is 2. The molecule has 146 valence electrons. The van der Waals surface area contributed by atoms with Gasteiger partial charge in [0.1, 0.15) is 6.04 Å². The first-order valence-corrected chi connectivity index (χ1v) is 9.31. The highest BCUT2D eigenvalue weighted by Gasteiger charge is 2.39. The van der Waals surface area contributed by atoms with Gasteiger partial charge in [-0.05, 0) is 48.6 Å². The fourth-order valence-corrected chi connectivity index (χ4v) is 4.18. The zero-order chi connectivity index (χ0) is 20.0. The summed E-state index contributed by atoms with van der Waals surface area (Å²) in [5, 5.41) is 11.5. The molecule has 0 saturated carbocycles. The largest absolute Gasteiger partial charge is 0.465 e. The predicted octanol–water partition coefficient (Wildman–Crippen LogP) is 1.60. The third-order valence-corrected chi connectivity index (χ3v) is 5.72. The molecule has 0 spiro atoms. The maximum absolute atomic E-state index is 12.8. The van der Waals surface area contributed by atoms with Gasteiger partial charge in [-0.1, -0.05) is 12.1 Å². The molecule has 3 heterocycles. The Labute approximate surface area is 161 Å². The maximum atomic E-state index is 12.8. The van der Waals surface area contributed by atoms with Gasteiger partial charge < -0.3 is 14.9 Å². The summed E-state index contributed by atoms with van der Waals surface area (Å²) in [5.41, 5.74) is 3.44. The van der Waals surface area contributed by atoms with Crippen molar-refractivity contribution in [2.45, 2.75) is 44.8 Å². The van der Waals surface area contributed by atoms with Gasteiger partial charge in [0.2, 0.25) is 11.8 Å². The Hall–Kier alpha value is -3.16. The lowest BCUT2D eigenvalue weighted by Crippen LogP contribution is -2.52. The average molecular weight is 383 g/mol. The van der Waals surface area contributed by atoms with Crippen LogP contribution in [0.3, 0.4) is 0 Å². The normalized spacial score (nSPS) is 24.8. The molecule has 2 atom stereocenters. The van der Waals surface area contributed by atoms with Gasteiger partial charge in [-0.25, -0.2) is 4.79 Å². The van der Waals surface area contributed by atoms with Gasteiger partial charge in [-0.2, -0.15) is 0 Å². The second-order valence-corrected chi connectivity index (χ2v) is 7.49. The summed E-state index contributed by atoms with van der Waals surface area (Å²) in [6, 6.07) is 4.85. The molecule has 1 aromatic rings. The van der Waals surface area contributed by atoms with E-state index in [2.05, 4.69) is 5.32 Å².